The molecule has 0 aliphatic rings. The Bertz CT molecular complexity index is 753. The molecule has 1 heterocycles. The van der Waals surface area contributed by atoms with Gasteiger partial charge < -0.3 is 10.5 Å². The highest BCUT2D eigenvalue weighted by molar-refractivity contribution is 5.86. The number of rotatable bonds is 3. The first-order valence-electron chi connectivity index (χ1n) is 6.60. The van der Waals surface area contributed by atoms with Crippen LogP contribution >= 0.6 is 0 Å². The fourth-order valence-corrected chi connectivity index (χ4v) is 2.20. The van der Waals surface area contributed by atoms with E-state index in [4.69, 9.17) is 10.5 Å². The predicted octanol–water partition coefficient (Wildman–Crippen LogP) is 3.79. The zero-order chi connectivity index (χ0) is 13.9. The average Bonchev–Trinajstić information content (AvgIpc) is 2.50. The summed E-state index contributed by atoms with van der Waals surface area (Å²) < 4.78 is 6.12. The summed E-state index contributed by atoms with van der Waals surface area (Å²) in [6, 6.07) is 15.9. The van der Waals surface area contributed by atoms with Crippen LogP contribution in [0, 0.1) is 6.92 Å². The summed E-state index contributed by atoms with van der Waals surface area (Å²) in [7, 11) is 0. The molecule has 3 aromatic rings. The first kappa shape index (κ1) is 12.6. The van der Waals surface area contributed by atoms with E-state index in [1.807, 2.05) is 55.5 Å². The second-order valence-corrected chi connectivity index (χ2v) is 4.70. The molecule has 2 N–H and O–H groups in total. The molecule has 3 rings (SSSR count). The van der Waals surface area contributed by atoms with Gasteiger partial charge in [0.25, 0.3) is 0 Å². The maximum Gasteiger partial charge on any atom is 0.142 e. The Morgan fingerprint density at radius 1 is 1.05 bits per heavy atom. The zero-order valence-electron chi connectivity index (χ0n) is 11.3. The molecule has 0 bridgehead atoms. The first-order valence-corrected chi connectivity index (χ1v) is 6.60. The van der Waals surface area contributed by atoms with Crippen molar-refractivity contribution in [3.63, 3.8) is 0 Å². The van der Waals surface area contributed by atoms with Gasteiger partial charge >= 0.3 is 0 Å². The minimum atomic E-state index is 0.402. The van der Waals surface area contributed by atoms with Crippen molar-refractivity contribution in [1.82, 2.24) is 4.98 Å². The Morgan fingerprint density at radius 2 is 1.80 bits per heavy atom. The lowest BCUT2D eigenvalue weighted by atomic mass is 10.1. The van der Waals surface area contributed by atoms with Crippen LogP contribution in [0.15, 0.2) is 54.7 Å². The molecule has 0 saturated heterocycles. The number of ether oxygens (including phenoxy) is 1. The van der Waals surface area contributed by atoms with Gasteiger partial charge in [-0.3, -0.25) is 4.98 Å². The minimum Gasteiger partial charge on any atom is -0.456 e. The number of para-hydroxylation sites is 2. The molecule has 0 saturated carbocycles. The Labute approximate surface area is 118 Å². The van der Waals surface area contributed by atoms with Crippen LogP contribution in [0.4, 0.5) is 0 Å². The number of aromatic nitrogens is 1. The summed E-state index contributed by atoms with van der Waals surface area (Å²) in [6.07, 6.45) is 1.79. The van der Waals surface area contributed by atoms with Gasteiger partial charge in [-0.2, -0.15) is 0 Å². The molecule has 3 heteroatoms. The molecule has 0 spiro atoms. The van der Waals surface area contributed by atoms with Crippen molar-refractivity contribution in [2.24, 2.45) is 5.73 Å². The van der Waals surface area contributed by atoms with Crippen LogP contribution in [0.1, 0.15) is 11.1 Å². The van der Waals surface area contributed by atoms with Crippen molar-refractivity contribution >= 4 is 10.9 Å². The molecule has 0 fully saturated rings. The van der Waals surface area contributed by atoms with Crippen LogP contribution in [-0.4, -0.2) is 4.98 Å². The Morgan fingerprint density at radius 3 is 2.60 bits per heavy atom. The molecule has 2 aromatic carbocycles. The lowest BCUT2D eigenvalue weighted by Gasteiger charge is -2.14. The number of hydrogen-bond donors (Lipinski definition) is 1. The van der Waals surface area contributed by atoms with Crippen molar-refractivity contribution in [3.05, 3.63) is 65.9 Å². The molecule has 20 heavy (non-hydrogen) atoms. The molecule has 0 aliphatic carbocycles. The SMILES string of the molecule is Cc1ccccc1Oc1c(CN)cnc2ccccc12. The number of fused-ring (bicyclic) bond motifs is 1. The monoisotopic (exact) mass is 264 g/mol. The quantitative estimate of drug-likeness (QED) is 0.782. The van der Waals surface area contributed by atoms with Crippen LogP contribution in [-0.2, 0) is 6.54 Å². The van der Waals surface area contributed by atoms with Gasteiger partial charge in [0, 0.05) is 23.7 Å². The topological polar surface area (TPSA) is 48.1 Å². The third kappa shape index (κ3) is 2.24. The lowest BCUT2D eigenvalue weighted by molar-refractivity contribution is 0.478. The van der Waals surface area contributed by atoms with Crippen molar-refractivity contribution in [3.8, 4) is 11.5 Å². The standard InChI is InChI=1S/C17H16N2O/c1-12-6-2-5-9-16(12)20-17-13(10-18)11-19-15-8-4-3-7-14(15)17/h2-9,11H,10,18H2,1H3. The van der Waals surface area contributed by atoms with Gasteiger partial charge in [0.05, 0.1) is 5.52 Å². The summed E-state index contributed by atoms with van der Waals surface area (Å²) in [5.74, 6) is 1.64. The predicted molar refractivity (Wildman–Crippen MR) is 80.9 cm³/mol. The minimum absolute atomic E-state index is 0.402. The van der Waals surface area contributed by atoms with E-state index >= 15 is 0 Å². The van der Waals surface area contributed by atoms with Gasteiger partial charge in [0.1, 0.15) is 11.5 Å². The third-order valence-electron chi connectivity index (χ3n) is 3.33. The second kappa shape index (κ2) is 5.31. The van der Waals surface area contributed by atoms with Gasteiger partial charge in [0.2, 0.25) is 0 Å². The summed E-state index contributed by atoms with van der Waals surface area (Å²) in [4.78, 5) is 4.42. The van der Waals surface area contributed by atoms with E-state index in [9.17, 15) is 0 Å². The molecule has 0 radical (unpaired) electrons. The number of aryl methyl sites for hydroxylation is 1. The summed E-state index contributed by atoms with van der Waals surface area (Å²) in [6.45, 7) is 2.43. The van der Waals surface area contributed by atoms with Crippen LogP contribution in [0.2, 0.25) is 0 Å². The number of hydrogen-bond acceptors (Lipinski definition) is 3. The summed E-state index contributed by atoms with van der Waals surface area (Å²) >= 11 is 0. The Hall–Kier alpha value is -2.39. The van der Waals surface area contributed by atoms with Crippen molar-refractivity contribution in [2.45, 2.75) is 13.5 Å². The zero-order valence-corrected chi connectivity index (χ0v) is 11.3. The summed E-state index contributed by atoms with van der Waals surface area (Å²) in [5, 5.41) is 0.985. The van der Waals surface area contributed by atoms with Crippen LogP contribution < -0.4 is 10.5 Å². The summed E-state index contributed by atoms with van der Waals surface area (Å²) in [5.41, 5.74) is 8.73. The highest BCUT2D eigenvalue weighted by Gasteiger charge is 2.11. The molecule has 0 amide bonds. The van der Waals surface area contributed by atoms with Crippen LogP contribution in [0.25, 0.3) is 10.9 Å². The molecule has 3 nitrogen and oxygen atoms in total. The Balaban J connectivity index is 2.16. The Kier molecular flexibility index (Phi) is 3.35. The number of benzene rings is 2. The van der Waals surface area contributed by atoms with Gasteiger partial charge in [-0.15, -0.1) is 0 Å². The van der Waals surface area contributed by atoms with E-state index in [1.54, 1.807) is 6.20 Å². The molecule has 0 atom stereocenters. The van der Waals surface area contributed by atoms with Crippen LogP contribution in [0.5, 0.6) is 11.5 Å². The maximum atomic E-state index is 6.12. The normalized spacial score (nSPS) is 10.7. The number of nitrogens with two attached hydrogens (primary N) is 1. The smallest absolute Gasteiger partial charge is 0.142 e. The van der Waals surface area contributed by atoms with E-state index in [2.05, 4.69) is 4.98 Å². The van der Waals surface area contributed by atoms with E-state index in [0.717, 1.165) is 33.5 Å². The molecular formula is C17H16N2O. The van der Waals surface area contributed by atoms with Crippen molar-refractivity contribution < 1.29 is 4.74 Å². The van der Waals surface area contributed by atoms with Gasteiger partial charge in [-0.1, -0.05) is 30.3 Å². The van der Waals surface area contributed by atoms with Gasteiger partial charge in [-0.05, 0) is 30.7 Å². The highest BCUT2D eigenvalue weighted by atomic mass is 16.5. The van der Waals surface area contributed by atoms with Crippen molar-refractivity contribution in [1.29, 1.82) is 0 Å². The van der Waals surface area contributed by atoms with Gasteiger partial charge in [0.15, 0.2) is 0 Å². The fourth-order valence-electron chi connectivity index (χ4n) is 2.20. The number of pyridine rings is 1. The molecule has 0 unspecified atom stereocenters. The average molecular weight is 264 g/mol. The van der Waals surface area contributed by atoms with Crippen molar-refractivity contribution in [2.75, 3.05) is 0 Å². The third-order valence-corrected chi connectivity index (χ3v) is 3.33. The highest BCUT2D eigenvalue weighted by Crippen LogP contribution is 2.33. The van der Waals surface area contributed by atoms with E-state index < -0.39 is 0 Å². The van der Waals surface area contributed by atoms with E-state index in [1.165, 1.54) is 0 Å². The molecule has 0 aliphatic heterocycles. The lowest BCUT2D eigenvalue weighted by Crippen LogP contribution is -2.01. The molecule has 1 aromatic heterocycles. The maximum absolute atomic E-state index is 6.12. The van der Waals surface area contributed by atoms with Crippen LogP contribution in [0.3, 0.4) is 0 Å². The largest absolute Gasteiger partial charge is 0.456 e. The number of nitrogens with zero attached hydrogens (tertiary/aromatic N) is 1. The van der Waals surface area contributed by atoms with E-state index in [-0.39, 0.29) is 0 Å². The second-order valence-electron chi connectivity index (χ2n) is 4.70. The molecule has 100 valence electrons. The first-order chi connectivity index (χ1) is 9.79. The fraction of sp³-hybridized carbons (Fsp3) is 0.118. The van der Waals surface area contributed by atoms with Gasteiger partial charge in [-0.25, -0.2) is 0 Å². The van der Waals surface area contributed by atoms with E-state index in [0.29, 0.717) is 6.54 Å². The molecular weight excluding hydrogens is 248 g/mol.